The average molecular weight is 437 g/mol. The molecule has 166 valence electrons. The van der Waals surface area contributed by atoms with E-state index in [0.29, 0.717) is 0 Å². The van der Waals surface area contributed by atoms with Crippen LogP contribution < -0.4 is 4.74 Å². The third kappa shape index (κ3) is 4.01. The van der Waals surface area contributed by atoms with Gasteiger partial charge in [-0.1, -0.05) is 60.7 Å². The zero-order chi connectivity index (χ0) is 22.7. The van der Waals surface area contributed by atoms with Gasteiger partial charge in [0, 0.05) is 30.5 Å². The van der Waals surface area contributed by atoms with Crippen LogP contribution in [-0.2, 0) is 18.4 Å². The molecular formula is C29H28N2O2. The Bertz CT molecular complexity index is 1230. The Kier molecular flexibility index (Phi) is 5.90. The van der Waals surface area contributed by atoms with Crippen molar-refractivity contribution in [2.75, 3.05) is 20.2 Å². The normalized spacial score (nSPS) is 14.1. The number of benzene rings is 3. The summed E-state index contributed by atoms with van der Waals surface area (Å²) >= 11 is 0. The second kappa shape index (κ2) is 9.13. The molecule has 0 radical (unpaired) electrons. The van der Waals surface area contributed by atoms with Gasteiger partial charge < -0.3 is 9.15 Å². The van der Waals surface area contributed by atoms with E-state index >= 15 is 0 Å². The lowest BCUT2D eigenvalue weighted by Crippen LogP contribution is -2.33. The summed E-state index contributed by atoms with van der Waals surface area (Å²) in [6.07, 6.45) is 2.62. The van der Waals surface area contributed by atoms with E-state index in [-0.39, 0.29) is 0 Å². The van der Waals surface area contributed by atoms with E-state index in [0.717, 1.165) is 72.5 Å². The van der Waals surface area contributed by atoms with E-state index in [1.165, 1.54) is 5.56 Å². The number of fused-ring (bicyclic) bond motifs is 3. The predicted molar refractivity (Wildman–Crippen MR) is 130 cm³/mol. The van der Waals surface area contributed by atoms with Crippen LogP contribution in [0.4, 0.5) is 0 Å². The van der Waals surface area contributed by atoms with Crippen molar-refractivity contribution in [3.05, 3.63) is 101 Å². The minimum Gasteiger partial charge on any atom is -0.497 e. The molecule has 4 heteroatoms. The molecule has 5 rings (SSSR count). The van der Waals surface area contributed by atoms with Crippen molar-refractivity contribution < 1.29 is 9.15 Å². The molecule has 0 unspecified atom stereocenters. The minimum atomic E-state index is -0.640. The third-order valence-electron chi connectivity index (χ3n) is 6.87. The second-order valence-electron chi connectivity index (χ2n) is 8.74. The molecule has 1 aliphatic rings. The summed E-state index contributed by atoms with van der Waals surface area (Å²) in [6, 6.07) is 29.1. The van der Waals surface area contributed by atoms with Gasteiger partial charge in [-0.2, -0.15) is 5.26 Å². The van der Waals surface area contributed by atoms with E-state index in [4.69, 9.17) is 9.15 Å². The zero-order valence-corrected chi connectivity index (χ0v) is 19.0. The Morgan fingerprint density at radius 3 is 2.33 bits per heavy atom. The molecule has 33 heavy (non-hydrogen) atoms. The van der Waals surface area contributed by atoms with E-state index < -0.39 is 5.41 Å². The van der Waals surface area contributed by atoms with E-state index in [9.17, 15) is 5.26 Å². The largest absolute Gasteiger partial charge is 0.497 e. The van der Waals surface area contributed by atoms with Gasteiger partial charge in [-0.3, -0.25) is 4.90 Å². The monoisotopic (exact) mass is 436 g/mol. The van der Waals surface area contributed by atoms with Gasteiger partial charge in [0.2, 0.25) is 0 Å². The van der Waals surface area contributed by atoms with Gasteiger partial charge in [0.05, 0.1) is 13.2 Å². The number of rotatable bonds is 7. The average Bonchev–Trinajstić information content (AvgIpc) is 3.25. The lowest BCUT2D eigenvalue weighted by atomic mass is 9.72. The fourth-order valence-electron chi connectivity index (χ4n) is 5.09. The van der Waals surface area contributed by atoms with Crippen LogP contribution in [0.15, 0.2) is 83.3 Å². The lowest BCUT2D eigenvalue weighted by Gasteiger charge is -2.30. The van der Waals surface area contributed by atoms with Gasteiger partial charge in [0.15, 0.2) is 0 Å². The Morgan fingerprint density at radius 2 is 1.70 bits per heavy atom. The van der Waals surface area contributed by atoms with Gasteiger partial charge >= 0.3 is 0 Å². The molecule has 3 aromatic carbocycles. The first-order valence-corrected chi connectivity index (χ1v) is 11.6. The van der Waals surface area contributed by atoms with E-state index in [1.807, 2.05) is 48.5 Å². The zero-order valence-electron chi connectivity index (χ0n) is 19.0. The molecule has 4 nitrogen and oxygen atoms in total. The predicted octanol–water partition coefficient (Wildman–Crippen LogP) is 6.09. The third-order valence-corrected chi connectivity index (χ3v) is 6.87. The van der Waals surface area contributed by atoms with Crippen molar-refractivity contribution in [1.29, 1.82) is 5.26 Å². The van der Waals surface area contributed by atoms with Gasteiger partial charge in [-0.05, 0) is 48.7 Å². The van der Waals surface area contributed by atoms with Gasteiger partial charge in [0.1, 0.15) is 22.5 Å². The highest BCUT2D eigenvalue weighted by Crippen LogP contribution is 2.37. The van der Waals surface area contributed by atoms with Crippen LogP contribution in [0.2, 0.25) is 0 Å². The molecule has 1 aromatic heterocycles. The second-order valence-corrected chi connectivity index (χ2v) is 8.74. The molecule has 0 saturated heterocycles. The number of hydrogen-bond donors (Lipinski definition) is 0. The Morgan fingerprint density at radius 1 is 1.00 bits per heavy atom. The molecule has 2 heterocycles. The Balaban J connectivity index is 1.35. The quantitative estimate of drug-likeness (QED) is 0.352. The van der Waals surface area contributed by atoms with Crippen molar-refractivity contribution in [2.24, 2.45) is 0 Å². The molecule has 0 spiro atoms. The first-order chi connectivity index (χ1) is 16.2. The molecule has 0 fully saturated rings. The van der Waals surface area contributed by atoms with Crippen molar-refractivity contribution in [1.82, 2.24) is 4.90 Å². The van der Waals surface area contributed by atoms with Crippen molar-refractivity contribution >= 4 is 11.0 Å². The number of methoxy groups -OCH3 is 1. The molecule has 0 bridgehead atoms. The van der Waals surface area contributed by atoms with Crippen LogP contribution in [0.25, 0.3) is 11.0 Å². The summed E-state index contributed by atoms with van der Waals surface area (Å²) < 4.78 is 11.5. The number of nitrogens with zero attached hydrogens (tertiary/aromatic N) is 2. The highest BCUT2D eigenvalue weighted by atomic mass is 16.5. The molecule has 4 aromatic rings. The first-order valence-electron chi connectivity index (χ1n) is 11.6. The van der Waals surface area contributed by atoms with Gasteiger partial charge in [-0.15, -0.1) is 0 Å². The summed E-state index contributed by atoms with van der Waals surface area (Å²) in [7, 11) is 1.70. The van der Waals surface area contributed by atoms with Crippen LogP contribution in [0.1, 0.15) is 35.3 Å². The highest BCUT2D eigenvalue weighted by molar-refractivity contribution is 5.84. The first kappa shape index (κ1) is 21.3. The summed E-state index contributed by atoms with van der Waals surface area (Å²) in [4.78, 5) is 2.48. The minimum absolute atomic E-state index is 0.640. The standard InChI is InChI=1S/C29H28N2O2/c1-32-24-13-14-27-25(19-24)26-20-31(18-15-28(26)33-27)17-8-16-29(21-30,22-9-4-2-5-10-22)23-11-6-3-7-12-23/h2-7,9-14,19H,8,15-18,20H2,1H3. The van der Waals surface area contributed by atoms with Crippen LogP contribution in [0.5, 0.6) is 5.75 Å². The van der Waals surface area contributed by atoms with E-state index in [1.54, 1.807) is 7.11 Å². The van der Waals surface area contributed by atoms with Gasteiger partial charge in [0.25, 0.3) is 0 Å². The van der Waals surface area contributed by atoms with Crippen molar-refractivity contribution in [3.63, 3.8) is 0 Å². The Hall–Kier alpha value is -3.55. The Labute approximate surface area is 195 Å². The van der Waals surface area contributed by atoms with E-state index in [2.05, 4.69) is 41.3 Å². The fourth-order valence-corrected chi connectivity index (χ4v) is 5.09. The summed E-state index contributed by atoms with van der Waals surface area (Å²) in [5, 5.41) is 11.5. The molecule has 0 saturated carbocycles. The van der Waals surface area contributed by atoms with Crippen LogP contribution in [-0.4, -0.2) is 25.1 Å². The van der Waals surface area contributed by atoms with Crippen LogP contribution >= 0.6 is 0 Å². The maximum Gasteiger partial charge on any atom is 0.134 e. The van der Waals surface area contributed by atoms with Gasteiger partial charge in [-0.25, -0.2) is 0 Å². The summed E-state index contributed by atoms with van der Waals surface area (Å²) in [5.41, 5.74) is 3.69. The molecule has 0 amide bonds. The number of ether oxygens (including phenoxy) is 1. The lowest BCUT2D eigenvalue weighted by molar-refractivity contribution is 0.235. The fraction of sp³-hybridized carbons (Fsp3) is 0.276. The smallest absolute Gasteiger partial charge is 0.134 e. The molecule has 0 N–H and O–H groups in total. The highest BCUT2D eigenvalue weighted by Gasteiger charge is 2.34. The van der Waals surface area contributed by atoms with Crippen molar-refractivity contribution in [2.45, 2.75) is 31.2 Å². The number of hydrogen-bond acceptors (Lipinski definition) is 4. The molecular weight excluding hydrogens is 408 g/mol. The molecule has 1 aliphatic heterocycles. The maximum atomic E-state index is 10.4. The van der Waals surface area contributed by atoms with Crippen LogP contribution in [0, 0.1) is 11.3 Å². The summed E-state index contributed by atoms with van der Waals surface area (Å²) in [6.45, 7) is 2.78. The molecule has 0 aliphatic carbocycles. The number of nitriles is 1. The summed E-state index contributed by atoms with van der Waals surface area (Å²) in [5.74, 6) is 1.95. The van der Waals surface area contributed by atoms with Crippen molar-refractivity contribution in [3.8, 4) is 11.8 Å². The number of furan rings is 1. The molecule has 0 atom stereocenters. The maximum absolute atomic E-state index is 10.4. The SMILES string of the molecule is COc1ccc2oc3c(c2c1)CN(CCCC(C#N)(c1ccccc1)c1ccccc1)CC3. The van der Waals surface area contributed by atoms with Crippen LogP contribution in [0.3, 0.4) is 0 Å². The topological polar surface area (TPSA) is 49.4 Å².